The molecule has 1 aliphatic heterocycles. The Morgan fingerprint density at radius 1 is 1.80 bits per heavy atom. The fourth-order valence-corrected chi connectivity index (χ4v) is 1.40. The Bertz CT molecular complexity index is 262. The number of carbonyl (C=O) groups is 1. The number of aliphatic hydroxyl groups is 1. The van der Waals surface area contributed by atoms with Crippen LogP contribution in [0.5, 0.6) is 0 Å². The molecule has 0 aromatic rings. The Hall–Kier alpha value is -1.39. The third kappa shape index (κ3) is 2.55. The van der Waals surface area contributed by atoms with Gasteiger partial charge in [-0.3, -0.25) is 0 Å². The van der Waals surface area contributed by atoms with Crippen molar-refractivity contribution in [2.45, 2.75) is 26.8 Å². The highest BCUT2D eigenvalue weighted by molar-refractivity contribution is 5.71. The number of hydrogen-bond donors (Lipinski definition) is 1. The highest BCUT2D eigenvalue weighted by Crippen LogP contribution is 2.22. The van der Waals surface area contributed by atoms with Crippen molar-refractivity contribution in [3.63, 3.8) is 0 Å². The molecule has 5 heteroatoms. The molecule has 1 rings (SSSR count). The van der Waals surface area contributed by atoms with Gasteiger partial charge in [0.1, 0.15) is 12.9 Å². The maximum absolute atomic E-state index is 11.3. The van der Waals surface area contributed by atoms with Crippen molar-refractivity contribution in [3.8, 4) is 0 Å². The number of carbonyl (C=O) groups excluding carboxylic acids is 1. The summed E-state index contributed by atoms with van der Waals surface area (Å²) in [5.41, 5.74) is 0. The molecule has 0 spiro atoms. The van der Waals surface area contributed by atoms with Crippen LogP contribution in [-0.4, -0.2) is 35.4 Å². The molecule has 0 saturated carbocycles. The van der Waals surface area contributed by atoms with Gasteiger partial charge in [-0.2, -0.15) is 0 Å². The summed E-state index contributed by atoms with van der Waals surface area (Å²) in [6.07, 6.45) is 0.643. The summed E-state index contributed by atoms with van der Waals surface area (Å²) in [5, 5.41) is 9.63. The lowest BCUT2D eigenvalue weighted by Crippen LogP contribution is -2.36. The van der Waals surface area contributed by atoms with E-state index in [9.17, 15) is 9.90 Å². The predicted octanol–water partition coefficient (Wildman–Crippen LogP) is 1.86. The maximum atomic E-state index is 11.3. The average Bonchev–Trinajstić information content (AvgIpc) is 2.56. The lowest BCUT2D eigenvalue weighted by molar-refractivity contribution is 0.135. The van der Waals surface area contributed by atoms with Gasteiger partial charge < -0.3 is 14.6 Å². The van der Waals surface area contributed by atoms with Gasteiger partial charge in [-0.05, 0) is 12.8 Å². The zero-order chi connectivity index (χ0) is 11.4. The van der Waals surface area contributed by atoms with E-state index < -0.39 is 6.09 Å². The van der Waals surface area contributed by atoms with Crippen LogP contribution in [0.2, 0.25) is 0 Å². The highest BCUT2D eigenvalue weighted by atomic mass is 16.6. The molecule has 1 fully saturated rings. The first-order valence-corrected chi connectivity index (χ1v) is 5.04. The number of ether oxygens (including phenoxy) is 2. The maximum Gasteiger partial charge on any atom is 0.417 e. The Morgan fingerprint density at radius 2 is 2.47 bits per heavy atom. The normalized spacial score (nSPS) is 22.1. The van der Waals surface area contributed by atoms with Crippen molar-refractivity contribution in [1.82, 2.24) is 4.90 Å². The summed E-state index contributed by atoms with van der Waals surface area (Å²) >= 11 is 0. The van der Waals surface area contributed by atoms with E-state index >= 15 is 0 Å². The SMILES string of the molecule is CCO/C=C(\O)N1C(=O)OC[C@@H]1C(C)C. The van der Waals surface area contributed by atoms with Gasteiger partial charge in [0.05, 0.1) is 12.6 Å². The van der Waals surface area contributed by atoms with Crippen molar-refractivity contribution in [1.29, 1.82) is 0 Å². The van der Waals surface area contributed by atoms with Gasteiger partial charge in [-0.15, -0.1) is 0 Å². The summed E-state index contributed by atoms with van der Waals surface area (Å²) in [7, 11) is 0. The monoisotopic (exact) mass is 215 g/mol. The van der Waals surface area contributed by atoms with E-state index in [1.54, 1.807) is 6.92 Å². The molecule has 1 atom stereocenters. The Balaban J connectivity index is 2.75. The molecule has 15 heavy (non-hydrogen) atoms. The minimum Gasteiger partial charge on any atom is -0.496 e. The zero-order valence-corrected chi connectivity index (χ0v) is 9.27. The minimum atomic E-state index is -0.526. The molecule has 0 unspecified atom stereocenters. The van der Waals surface area contributed by atoms with Crippen molar-refractivity contribution in [2.24, 2.45) is 5.92 Å². The Labute approximate surface area is 89.3 Å². The Kier molecular flexibility index (Phi) is 3.82. The zero-order valence-electron chi connectivity index (χ0n) is 9.27. The summed E-state index contributed by atoms with van der Waals surface area (Å²) in [4.78, 5) is 12.6. The largest absolute Gasteiger partial charge is 0.496 e. The fourth-order valence-electron chi connectivity index (χ4n) is 1.40. The molecule has 1 N–H and O–H groups in total. The predicted molar refractivity (Wildman–Crippen MR) is 54.2 cm³/mol. The van der Waals surface area contributed by atoms with Gasteiger partial charge in [0, 0.05) is 0 Å². The number of nitrogens with zero attached hydrogens (tertiary/aromatic N) is 1. The molecule has 0 radical (unpaired) electrons. The van der Waals surface area contributed by atoms with Crippen molar-refractivity contribution < 1.29 is 19.4 Å². The third-order valence-electron chi connectivity index (χ3n) is 2.28. The molecule has 0 aromatic carbocycles. The van der Waals surface area contributed by atoms with E-state index in [-0.39, 0.29) is 17.8 Å². The lowest BCUT2D eigenvalue weighted by Gasteiger charge is -2.22. The smallest absolute Gasteiger partial charge is 0.417 e. The number of amides is 1. The number of hydrogen-bond acceptors (Lipinski definition) is 4. The molecular formula is C10H17NO4. The first kappa shape index (κ1) is 11.7. The molecule has 86 valence electrons. The molecule has 0 aromatic heterocycles. The van der Waals surface area contributed by atoms with Gasteiger partial charge in [0.2, 0.25) is 5.88 Å². The van der Waals surface area contributed by atoms with Crippen LogP contribution in [-0.2, 0) is 9.47 Å². The molecule has 1 aliphatic rings. The van der Waals surface area contributed by atoms with Crippen molar-refractivity contribution in [2.75, 3.05) is 13.2 Å². The number of rotatable bonds is 4. The molecule has 1 heterocycles. The minimum absolute atomic E-state index is 0.130. The van der Waals surface area contributed by atoms with E-state index in [0.29, 0.717) is 13.2 Å². The van der Waals surface area contributed by atoms with E-state index in [0.717, 1.165) is 0 Å². The topological polar surface area (TPSA) is 59.0 Å². The van der Waals surface area contributed by atoms with Crippen LogP contribution in [0.15, 0.2) is 12.1 Å². The van der Waals surface area contributed by atoms with Gasteiger partial charge in [-0.1, -0.05) is 13.8 Å². The molecule has 1 saturated heterocycles. The first-order chi connectivity index (χ1) is 7.07. The van der Waals surface area contributed by atoms with Crippen molar-refractivity contribution in [3.05, 3.63) is 12.1 Å². The first-order valence-electron chi connectivity index (χ1n) is 5.04. The van der Waals surface area contributed by atoms with Gasteiger partial charge in [0.15, 0.2) is 0 Å². The number of aliphatic hydroxyl groups excluding tert-OH is 1. The molecule has 1 amide bonds. The standard InChI is InChI=1S/C10H17NO4/c1-4-14-6-9(12)11-8(7(2)3)5-15-10(11)13/h6-8,12H,4-5H2,1-3H3/b9-6-/t8-/m1/s1. The van der Waals surface area contributed by atoms with Gasteiger partial charge in [-0.25, -0.2) is 9.69 Å². The molecule has 0 bridgehead atoms. The number of cyclic esters (lactones) is 1. The second kappa shape index (κ2) is 4.91. The second-order valence-corrected chi connectivity index (χ2v) is 3.69. The van der Waals surface area contributed by atoms with Crippen LogP contribution in [0.3, 0.4) is 0 Å². The van der Waals surface area contributed by atoms with Gasteiger partial charge >= 0.3 is 6.09 Å². The van der Waals surface area contributed by atoms with E-state index in [1.165, 1.54) is 11.2 Å². The van der Waals surface area contributed by atoms with Crippen molar-refractivity contribution >= 4 is 6.09 Å². The fraction of sp³-hybridized carbons (Fsp3) is 0.700. The second-order valence-electron chi connectivity index (χ2n) is 3.69. The summed E-state index contributed by atoms with van der Waals surface area (Å²) in [6, 6.07) is -0.130. The van der Waals surface area contributed by atoms with Crippen LogP contribution in [0.4, 0.5) is 4.79 Å². The molecule has 0 aliphatic carbocycles. The third-order valence-corrected chi connectivity index (χ3v) is 2.28. The average molecular weight is 215 g/mol. The van der Waals surface area contributed by atoms with Crippen LogP contribution in [0, 0.1) is 5.92 Å². The summed E-state index contributed by atoms with van der Waals surface area (Å²) < 4.78 is 9.79. The van der Waals surface area contributed by atoms with E-state index in [4.69, 9.17) is 9.47 Å². The van der Waals surface area contributed by atoms with Gasteiger partial charge in [0.25, 0.3) is 0 Å². The van der Waals surface area contributed by atoms with Crippen LogP contribution >= 0.6 is 0 Å². The lowest BCUT2D eigenvalue weighted by atomic mass is 10.1. The summed E-state index contributed by atoms with van der Waals surface area (Å²) in [6.45, 7) is 6.48. The van der Waals surface area contributed by atoms with E-state index in [2.05, 4.69) is 0 Å². The highest BCUT2D eigenvalue weighted by Gasteiger charge is 2.37. The van der Waals surface area contributed by atoms with Crippen LogP contribution < -0.4 is 0 Å². The molecular weight excluding hydrogens is 198 g/mol. The summed E-state index contributed by atoms with van der Waals surface area (Å²) in [5.74, 6) is 0.0201. The van der Waals surface area contributed by atoms with E-state index in [1.807, 2.05) is 13.8 Å². The quantitative estimate of drug-likeness (QED) is 0.727. The Morgan fingerprint density at radius 3 is 3.00 bits per heavy atom. The van der Waals surface area contributed by atoms with Crippen LogP contribution in [0.25, 0.3) is 0 Å². The van der Waals surface area contributed by atoms with Crippen LogP contribution in [0.1, 0.15) is 20.8 Å². The molecule has 5 nitrogen and oxygen atoms in total.